The summed E-state index contributed by atoms with van der Waals surface area (Å²) in [5.74, 6) is -0.348. The smallest absolute Gasteiger partial charge is 0.272 e. The summed E-state index contributed by atoms with van der Waals surface area (Å²) in [7, 11) is 3.21. The van der Waals surface area contributed by atoms with Crippen LogP contribution >= 0.6 is 0 Å². The third-order valence-electron chi connectivity index (χ3n) is 4.95. The Labute approximate surface area is 158 Å². The fraction of sp³-hybridized carbons (Fsp3) is 0.500. The number of nitrogens with zero attached hydrogens (tertiary/aromatic N) is 3. The molecule has 0 saturated carbocycles. The van der Waals surface area contributed by atoms with E-state index in [0.717, 1.165) is 11.3 Å². The summed E-state index contributed by atoms with van der Waals surface area (Å²) in [6.45, 7) is 6.69. The lowest BCUT2D eigenvalue weighted by Gasteiger charge is -2.26. The largest absolute Gasteiger partial charge is 0.494 e. The van der Waals surface area contributed by atoms with Gasteiger partial charge in [-0.2, -0.15) is 5.10 Å². The number of methoxy groups -OCH3 is 1. The zero-order chi connectivity index (χ0) is 19.7. The Morgan fingerprint density at radius 2 is 2.19 bits per heavy atom. The highest BCUT2D eigenvalue weighted by molar-refractivity contribution is 5.94. The minimum absolute atomic E-state index is 0.0361. The summed E-state index contributed by atoms with van der Waals surface area (Å²) < 4.78 is 26.4. The van der Waals surface area contributed by atoms with Gasteiger partial charge in [-0.05, 0) is 38.5 Å². The number of hydrogen-bond donors (Lipinski definition) is 0. The van der Waals surface area contributed by atoms with Crippen molar-refractivity contribution >= 4 is 5.91 Å². The van der Waals surface area contributed by atoms with E-state index < -0.39 is 5.82 Å². The number of aromatic nitrogens is 2. The summed E-state index contributed by atoms with van der Waals surface area (Å²) >= 11 is 0. The van der Waals surface area contributed by atoms with Crippen molar-refractivity contribution in [3.8, 4) is 5.75 Å². The molecule has 2 heterocycles. The van der Waals surface area contributed by atoms with Gasteiger partial charge in [-0.25, -0.2) is 4.39 Å². The maximum Gasteiger partial charge on any atom is 0.272 e. The molecular weight excluding hydrogens is 349 g/mol. The van der Waals surface area contributed by atoms with Gasteiger partial charge in [0.1, 0.15) is 5.69 Å². The van der Waals surface area contributed by atoms with Gasteiger partial charge in [0.2, 0.25) is 0 Å². The number of benzene rings is 1. The van der Waals surface area contributed by atoms with E-state index in [4.69, 9.17) is 9.47 Å². The number of amides is 1. The minimum Gasteiger partial charge on any atom is -0.494 e. The molecule has 0 spiro atoms. The van der Waals surface area contributed by atoms with Crippen LogP contribution in [0.3, 0.4) is 0 Å². The monoisotopic (exact) mass is 375 g/mol. The summed E-state index contributed by atoms with van der Waals surface area (Å²) in [6, 6.07) is 4.76. The number of ether oxygens (including phenoxy) is 2. The molecule has 1 amide bonds. The first-order valence-electron chi connectivity index (χ1n) is 9.18. The standard InChI is InChI=1S/C20H26FN3O3/c1-6-24(11-14-7-8-17(26-5)16(21)10-14)20(25)19-15-9-12(2)27-13(3)18(15)22-23(19)4/h7-8,10,12-13H,6,9,11H2,1-5H3/t12-,13+/m1/s1. The van der Waals surface area contributed by atoms with E-state index in [9.17, 15) is 9.18 Å². The molecule has 1 aromatic carbocycles. The number of fused-ring (bicyclic) bond motifs is 1. The molecule has 1 aromatic heterocycles. The molecule has 0 unspecified atom stereocenters. The molecule has 2 aromatic rings. The SMILES string of the molecule is CCN(Cc1ccc(OC)c(F)c1)C(=O)c1c2c(nn1C)[C@H](C)O[C@H](C)C2. The lowest BCUT2D eigenvalue weighted by molar-refractivity contribution is -0.00714. The van der Waals surface area contributed by atoms with Crippen molar-refractivity contribution in [2.24, 2.45) is 7.05 Å². The van der Waals surface area contributed by atoms with E-state index in [1.165, 1.54) is 13.2 Å². The van der Waals surface area contributed by atoms with Gasteiger partial charge in [-0.1, -0.05) is 6.07 Å². The molecular formula is C20H26FN3O3. The maximum atomic E-state index is 14.0. The minimum atomic E-state index is -0.434. The zero-order valence-electron chi connectivity index (χ0n) is 16.5. The Bertz CT molecular complexity index is 849. The summed E-state index contributed by atoms with van der Waals surface area (Å²) in [5, 5.41) is 4.52. The molecule has 3 rings (SSSR count). The number of hydrogen-bond acceptors (Lipinski definition) is 4. The van der Waals surface area contributed by atoms with Crippen LogP contribution in [0.1, 0.15) is 54.2 Å². The first-order valence-corrected chi connectivity index (χ1v) is 9.18. The summed E-state index contributed by atoms with van der Waals surface area (Å²) in [4.78, 5) is 15.0. The molecule has 2 atom stereocenters. The average Bonchev–Trinajstić information content (AvgIpc) is 2.95. The number of rotatable bonds is 5. The highest BCUT2D eigenvalue weighted by Crippen LogP contribution is 2.32. The van der Waals surface area contributed by atoms with E-state index >= 15 is 0 Å². The topological polar surface area (TPSA) is 56.6 Å². The van der Waals surface area contributed by atoms with Gasteiger partial charge in [-0.15, -0.1) is 0 Å². The highest BCUT2D eigenvalue weighted by atomic mass is 19.1. The van der Waals surface area contributed by atoms with Gasteiger partial charge in [-0.3, -0.25) is 9.48 Å². The van der Waals surface area contributed by atoms with Crippen LogP contribution in [0.25, 0.3) is 0 Å². The fourth-order valence-electron chi connectivity index (χ4n) is 3.64. The predicted octanol–water partition coefficient (Wildman–Crippen LogP) is 3.25. The summed E-state index contributed by atoms with van der Waals surface area (Å²) in [5.41, 5.74) is 3.08. The molecule has 0 radical (unpaired) electrons. The number of aryl methyl sites for hydroxylation is 1. The van der Waals surface area contributed by atoms with E-state index in [2.05, 4.69) is 5.10 Å². The van der Waals surface area contributed by atoms with E-state index in [1.807, 2.05) is 20.8 Å². The van der Waals surface area contributed by atoms with E-state index in [1.54, 1.807) is 28.8 Å². The molecule has 0 N–H and O–H groups in total. The molecule has 1 aliphatic heterocycles. The lowest BCUT2D eigenvalue weighted by atomic mass is 9.99. The van der Waals surface area contributed by atoms with Crippen molar-refractivity contribution in [2.75, 3.05) is 13.7 Å². The molecule has 6 nitrogen and oxygen atoms in total. The van der Waals surface area contributed by atoms with Gasteiger partial charge >= 0.3 is 0 Å². The van der Waals surface area contributed by atoms with Gasteiger partial charge in [0, 0.05) is 32.1 Å². The van der Waals surface area contributed by atoms with Crippen molar-refractivity contribution in [3.05, 3.63) is 46.5 Å². The molecule has 0 bridgehead atoms. The third-order valence-corrected chi connectivity index (χ3v) is 4.95. The second-order valence-corrected chi connectivity index (χ2v) is 6.92. The van der Waals surface area contributed by atoms with Crippen LogP contribution in [0.15, 0.2) is 18.2 Å². The molecule has 0 aliphatic carbocycles. The van der Waals surface area contributed by atoms with E-state index in [-0.39, 0.29) is 23.9 Å². The summed E-state index contributed by atoms with van der Waals surface area (Å²) in [6.07, 6.45) is 0.555. The van der Waals surface area contributed by atoms with Gasteiger partial charge in [0.05, 0.1) is 25.0 Å². The first-order chi connectivity index (χ1) is 12.8. The second-order valence-electron chi connectivity index (χ2n) is 6.92. The average molecular weight is 375 g/mol. The Kier molecular flexibility index (Phi) is 5.51. The molecule has 27 heavy (non-hydrogen) atoms. The van der Waals surface area contributed by atoms with Crippen LogP contribution in [0.5, 0.6) is 5.75 Å². The van der Waals surface area contributed by atoms with Gasteiger partial charge < -0.3 is 14.4 Å². The predicted molar refractivity (Wildman–Crippen MR) is 99.2 cm³/mol. The fourth-order valence-corrected chi connectivity index (χ4v) is 3.64. The molecule has 146 valence electrons. The van der Waals surface area contributed by atoms with Crippen LogP contribution < -0.4 is 4.74 Å². The molecule has 0 saturated heterocycles. The van der Waals surface area contributed by atoms with Crippen molar-refractivity contribution in [1.82, 2.24) is 14.7 Å². The first kappa shape index (κ1) is 19.4. The van der Waals surface area contributed by atoms with Crippen molar-refractivity contribution in [3.63, 3.8) is 0 Å². The Morgan fingerprint density at radius 1 is 1.44 bits per heavy atom. The molecule has 7 heteroatoms. The normalized spacial score (nSPS) is 18.9. The van der Waals surface area contributed by atoms with E-state index in [0.29, 0.717) is 30.8 Å². The number of carbonyl (C=O) groups is 1. The third kappa shape index (κ3) is 3.69. The maximum absolute atomic E-state index is 14.0. The van der Waals surface area contributed by atoms with Crippen LogP contribution in [-0.2, 0) is 24.8 Å². The van der Waals surface area contributed by atoms with Crippen LogP contribution in [0, 0.1) is 5.82 Å². The van der Waals surface area contributed by atoms with Crippen molar-refractivity contribution in [2.45, 2.75) is 45.9 Å². The zero-order valence-corrected chi connectivity index (χ0v) is 16.5. The Morgan fingerprint density at radius 3 is 2.81 bits per heavy atom. The van der Waals surface area contributed by atoms with Crippen molar-refractivity contribution < 1.29 is 18.7 Å². The number of halogens is 1. The second kappa shape index (κ2) is 7.68. The van der Waals surface area contributed by atoms with Crippen LogP contribution in [0.2, 0.25) is 0 Å². The highest BCUT2D eigenvalue weighted by Gasteiger charge is 2.32. The van der Waals surface area contributed by atoms with Gasteiger partial charge in [0.15, 0.2) is 11.6 Å². The van der Waals surface area contributed by atoms with Crippen LogP contribution in [0.4, 0.5) is 4.39 Å². The van der Waals surface area contributed by atoms with Crippen molar-refractivity contribution in [1.29, 1.82) is 0 Å². The quantitative estimate of drug-likeness (QED) is 0.805. The van der Waals surface area contributed by atoms with Crippen LogP contribution in [-0.4, -0.2) is 40.3 Å². The lowest BCUT2D eigenvalue weighted by Crippen LogP contribution is -2.33. The molecule has 1 aliphatic rings. The number of carbonyl (C=O) groups excluding carboxylic acids is 1. The molecule has 0 fully saturated rings. The van der Waals surface area contributed by atoms with Gasteiger partial charge in [0.25, 0.3) is 5.91 Å². The Balaban J connectivity index is 1.89. The Hall–Kier alpha value is -2.41.